The number of urea groups is 1. The number of piperidine rings is 1. The third-order valence-electron chi connectivity index (χ3n) is 4.42. The smallest absolute Gasteiger partial charge is 0.383 e. The van der Waals surface area contributed by atoms with Crippen LogP contribution in [0.5, 0.6) is 0 Å². The highest BCUT2D eigenvalue weighted by Gasteiger charge is 2.44. The Bertz CT molecular complexity index is 558. The number of aryl methyl sites for hydroxylation is 1. The number of nitrogens with one attached hydrogen (secondary N) is 1. The van der Waals surface area contributed by atoms with Gasteiger partial charge in [-0.2, -0.15) is 13.2 Å². The number of pyridine rings is 1. The SMILES string of the molecule is Cc1cnccc1CCNC(=O)N1CCC(C(O)C(F)(F)F)CC1. The van der Waals surface area contributed by atoms with Crippen LogP contribution >= 0.6 is 0 Å². The van der Waals surface area contributed by atoms with Gasteiger partial charge >= 0.3 is 12.2 Å². The molecular formula is C16H22F3N3O2. The van der Waals surface area contributed by atoms with E-state index in [2.05, 4.69) is 10.3 Å². The highest BCUT2D eigenvalue weighted by Crippen LogP contribution is 2.31. The molecule has 1 saturated heterocycles. The maximum atomic E-state index is 12.5. The zero-order valence-corrected chi connectivity index (χ0v) is 13.5. The summed E-state index contributed by atoms with van der Waals surface area (Å²) in [6.45, 7) is 2.84. The summed E-state index contributed by atoms with van der Waals surface area (Å²) < 4.78 is 37.5. The molecule has 1 fully saturated rings. The first-order valence-electron chi connectivity index (χ1n) is 7.96. The molecule has 2 rings (SSSR count). The third kappa shape index (κ3) is 4.83. The van der Waals surface area contributed by atoms with Crippen LogP contribution in [0.15, 0.2) is 18.5 Å². The van der Waals surface area contributed by atoms with Crippen LogP contribution in [0.25, 0.3) is 0 Å². The first-order valence-corrected chi connectivity index (χ1v) is 7.96. The topological polar surface area (TPSA) is 65.5 Å². The standard InChI is InChI=1S/C16H22F3N3O2/c1-11-10-20-6-2-12(11)3-7-21-15(24)22-8-4-13(5-9-22)14(23)16(17,18)19/h2,6,10,13-14,23H,3-5,7-9H2,1H3,(H,21,24). The predicted octanol–water partition coefficient (Wildman–Crippen LogP) is 2.28. The lowest BCUT2D eigenvalue weighted by Gasteiger charge is -2.34. The number of carbonyl (C=O) groups is 1. The summed E-state index contributed by atoms with van der Waals surface area (Å²) in [7, 11) is 0. The van der Waals surface area contributed by atoms with Gasteiger partial charge in [-0.25, -0.2) is 4.79 Å². The first-order chi connectivity index (χ1) is 11.3. The number of aliphatic hydroxyl groups is 1. The average molecular weight is 345 g/mol. The second kappa shape index (κ2) is 7.83. The molecule has 5 nitrogen and oxygen atoms in total. The van der Waals surface area contributed by atoms with E-state index in [0.29, 0.717) is 13.0 Å². The molecule has 134 valence electrons. The monoisotopic (exact) mass is 345 g/mol. The molecule has 8 heteroatoms. The molecule has 24 heavy (non-hydrogen) atoms. The molecule has 0 saturated carbocycles. The number of aromatic nitrogens is 1. The summed E-state index contributed by atoms with van der Waals surface area (Å²) in [5, 5.41) is 12.1. The van der Waals surface area contributed by atoms with E-state index in [-0.39, 0.29) is 32.0 Å². The molecule has 2 N–H and O–H groups in total. The number of alkyl halides is 3. The minimum absolute atomic E-state index is 0.150. The average Bonchev–Trinajstić information content (AvgIpc) is 2.55. The van der Waals surface area contributed by atoms with E-state index in [1.807, 2.05) is 13.0 Å². The lowest BCUT2D eigenvalue weighted by molar-refractivity contribution is -0.222. The molecule has 2 amide bonds. The number of amides is 2. The van der Waals surface area contributed by atoms with Gasteiger partial charge in [0.05, 0.1) is 0 Å². The Morgan fingerprint density at radius 1 is 1.46 bits per heavy atom. The first kappa shape index (κ1) is 18.5. The molecule has 0 aliphatic carbocycles. The van der Waals surface area contributed by atoms with Crippen molar-refractivity contribution in [3.63, 3.8) is 0 Å². The number of halogens is 3. The Labute approximate surface area is 138 Å². The fourth-order valence-corrected chi connectivity index (χ4v) is 2.88. The number of aliphatic hydroxyl groups excluding tert-OH is 1. The van der Waals surface area contributed by atoms with E-state index < -0.39 is 18.2 Å². The van der Waals surface area contributed by atoms with Crippen LogP contribution in [0.2, 0.25) is 0 Å². The Morgan fingerprint density at radius 2 is 2.12 bits per heavy atom. The van der Waals surface area contributed by atoms with Crippen molar-refractivity contribution in [3.05, 3.63) is 29.6 Å². The van der Waals surface area contributed by atoms with Crippen molar-refractivity contribution in [2.45, 2.75) is 38.5 Å². The zero-order chi connectivity index (χ0) is 17.7. The van der Waals surface area contributed by atoms with Crippen LogP contribution in [-0.4, -0.2) is 52.9 Å². The minimum atomic E-state index is -4.60. The number of carbonyl (C=O) groups excluding carboxylic acids is 1. The van der Waals surface area contributed by atoms with Gasteiger partial charge in [0.2, 0.25) is 0 Å². The number of nitrogens with zero attached hydrogens (tertiary/aromatic N) is 2. The van der Waals surface area contributed by atoms with Gasteiger partial charge in [-0.1, -0.05) is 0 Å². The van der Waals surface area contributed by atoms with Crippen molar-refractivity contribution < 1.29 is 23.1 Å². The van der Waals surface area contributed by atoms with Gasteiger partial charge in [0, 0.05) is 32.0 Å². The second-order valence-corrected chi connectivity index (χ2v) is 6.10. The lowest BCUT2D eigenvalue weighted by atomic mass is 9.91. The van der Waals surface area contributed by atoms with Crippen molar-refractivity contribution in [2.24, 2.45) is 5.92 Å². The zero-order valence-electron chi connectivity index (χ0n) is 13.5. The Balaban J connectivity index is 1.74. The molecule has 0 aromatic carbocycles. The Hall–Kier alpha value is -1.83. The van der Waals surface area contributed by atoms with Crippen molar-refractivity contribution in [1.29, 1.82) is 0 Å². The molecule has 1 aliphatic heterocycles. The molecule has 0 spiro atoms. The normalized spacial score (nSPS) is 17.6. The van der Waals surface area contributed by atoms with Crippen LogP contribution in [0.3, 0.4) is 0 Å². The van der Waals surface area contributed by atoms with Gasteiger partial charge in [-0.05, 0) is 49.3 Å². The summed E-state index contributed by atoms with van der Waals surface area (Å²) in [5.74, 6) is -0.839. The summed E-state index contributed by atoms with van der Waals surface area (Å²) in [4.78, 5) is 17.6. The summed E-state index contributed by atoms with van der Waals surface area (Å²) in [6, 6.07) is 1.62. The molecule has 2 heterocycles. The number of hydrogen-bond donors (Lipinski definition) is 2. The summed E-state index contributed by atoms with van der Waals surface area (Å²) in [6.07, 6.45) is -2.48. The van der Waals surface area contributed by atoms with Gasteiger partial charge in [0.25, 0.3) is 0 Å². The van der Waals surface area contributed by atoms with Crippen molar-refractivity contribution >= 4 is 6.03 Å². The Morgan fingerprint density at radius 3 is 2.71 bits per heavy atom. The number of likely N-dealkylation sites (tertiary alicyclic amines) is 1. The van der Waals surface area contributed by atoms with Crippen LogP contribution < -0.4 is 5.32 Å². The van der Waals surface area contributed by atoms with E-state index >= 15 is 0 Å². The van der Waals surface area contributed by atoms with E-state index in [1.54, 1.807) is 12.4 Å². The van der Waals surface area contributed by atoms with Crippen molar-refractivity contribution in [1.82, 2.24) is 15.2 Å². The van der Waals surface area contributed by atoms with Crippen LogP contribution in [0.4, 0.5) is 18.0 Å². The molecular weight excluding hydrogens is 323 g/mol. The van der Waals surface area contributed by atoms with Gasteiger partial charge < -0.3 is 15.3 Å². The van der Waals surface area contributed by atoms with E-state index in [1.165, 1.54) is 4.90 Å². The Kier molecular flexibility index (Phi) is 6.04. The number of hydrogen-bond acceptors (Lipinski definition) is 3. The van der Waals surface area contributed by atoms with Gasteiger partial charge in [0.1, 0.15) is 0 Å². The van der Waals surface area contributed by atoms with Crippen LogP contribution in [0, 0.1) is 12.8 Å². The fraction of sp³-hybridized carbons (Fsp3) is 0.625. The van der Waals surface area contributed by atoms with Crippen LogP contribution in [-0.2, 0) is 6.42 Å². The molecule has 1 aromatic heterocycles. The summed E-state index contributed by atoms with van der Waals surface area (Å²) in [5.41, 5.74) is 2.14. The van der Waals surface area contributed by atoms with Crippen molar-refractivity contribution in [2.75, 3.05) is 19.6 Å². The van der Waals surface area contributed by atoms with Gasteiger partial charge in [-0.15, -0.1) is 0 Å². The van der Waals surface area contributed by atoms with Gasteiger partial charge in [0.15, 0.2) is 6.10 Å². The van der Waals surface area contributed by atoms with Crippen LogP contribution in [0.1, 0.15) is 24.0 Å². The highest BCUT2D eigenvalue weighted by molar-refractivity contribution is 5.74. The molecule has 1 aliphatic rings. The minimum Gasteiger partial charge on any atom is -0.383 e. The molecule has 0 bridgehead atoms. The quantitative estimate of drug-likeness (QED) is 0.880. The molecule has 1 aromatic rings. The maximum absolute atomic E-state index is 12.5. The van der Waals surface area contributed by atoms with E-state index in [9.17, 15) is 23.1 Å². The highest BCUT2D eigenvalue weighted by atomic mass is 19.4. The summed E-state index contributed by atoms with van der Waals surface area (Å²) >= 11 is 0. The largest absolute Gasteiger partial charge is 0.414 e. The number of rotatable bonds is 4. The van der Waals surface area contributed by atoms with E-state index in [4.69, 9.17) is 0 Å². The van der Waals surface area contributed by atoms with E-state index in [0.717, 1.165) is 11.1 Å². The molecule has 0 radical (unpaired) electrons. The third-order valence-corrected chi connectivity index (χ3v) is 4.42. The van der Waals surface area contributed by atoms with Crippen molar-refractivity contribution in [3.8, 4) is 0 Å². The fourth-order valence-electron chi connectivity index (χ4n) is 2.88. The lowest BCUT2D eigenvalue weighted by Crippen LogP contribution is -2.48. The predicted molar refractivity (Wildman–Crippen MR) is 82.4 cm³/mol. The second-order valence-electron chi connectivity index (χ2n) is 6.10. The van der Waals surface area contributed by atoms with Gasteiger partial charge in [-0.3, -0.25) is 4.98 Å². The molecule has 1 unspecified atom stereocenters. The molecule has 1 atom stereocenters. The maximum Gasteiger partial charge on any atom is 0.414 e.